The molecule has 0 fully saturated rings. The second-order valence-corrected chi connectivity index (χ2v) is 14.2. The van der Waals surface area contributed by atoms with Crippen molar-refractivity contribution in [3.05, 3.63) is 81.5 Å². The van der Waals surface area contributed by atoms with Crippen LogP contribution in [0.15, 0.2) is 58.5 Å². The van der Waals surface area contributed by atoms with Crippen molar-refractivity contribution in [3.63, 3.8) is 0 Å². The Morgan fingerprint density at radius 1 is 0.422 bits per heavy atom. The van der Waals surface area contributed by atoms with Crippen LogP contribution < -0.4 is 10.7 Å². The Labute approximate surface area is 275 Å². The summed E-state index contributed by atoms with van der Waals surface area (Å²) < 4.78 is 0. The summed E-state index contributed by atoms with van der Waals surface area (Å²) in [7, 11) is 0. The maximum atomic E-state index is 5.28. The molecule has 0 saturated heterocycles. The highest BCUT2D eigenvalue weighted by atomic mass is 15.1. The van der Waals surface area contributed by atoms with E-state index in [-0.39, 0.29) is 0 Å². The smallest absolute Gasteiger partial charge is 0.146 e. The standard InChI is InChI=1S/C43H62N2/c1-7-11-15-19-23-35-28-36(24-20-16-12-8-2)32-38(31-35)40-26-25-39(41-42(40)45-43(5,6)44-41)37-29-33(21-17-13-9-3)27-34(30-37)22-18-14-10-4/h25-32H,7-24H2,1-6H3. The number of rotatable bonds is 20. The minimum absolute atomic E-state index is 0.448. The van der Waals surface area contributed by atoms with Gasteiger partial charge >= 0.3 is 0 Å². The Kier molecular flexibility index (Phi) is 13.9. The molecule has 3 aromatic carbocycles. The van der Waals surface area contributed by atoms with Crippen molar-refractivity contribution in [1.29, 1.82) is 0 Å². The number of hydrogen-bond acceptors (Lipinski definition) is 2. The van der Waals surface area contributed by atoms with Gasteiger partial charge in [0.1, 0.15) is 5.66 Å². The highest BCUT2D eigenvalue weighted by molar-refractivity contribution is 5.72. The molecule has 3 aromatic rings. The lowest BCUT2D eigenvalue weighted by Gasteiger charge is -2.13. The van der Waals surface area contributed by atoms with Gasteiger partial charge in [-0.25, -0.2) is 0 Å². The second-order valence-electron chi connectivity index (χ2n) is 14.2. The van der Waals surface area contributed by atoms with Crippen LogP contribution in [0.5, 0.6) is 0 Å². The van der Waals surface area contributed by atoms with E-state index >= 15 is 0 Å². The summed E-state index contributed by atoms with van der Waals surface area (Å²) in [5.41, 5.74) is 10.6. The number of aryl methyl sites for hydroxylation is 4. The van der Waals surface area contributed by atoms with E-state index < -0.39 is 5.66 Å². The Morgan fingerprint density at radius 3 is 1.07 bits per heavy atom. The van der Waals surface area contributed by atoms with Crippen molar-refractivity contribution in [2.45, 2.75) is 163 Å². The first-order valence-electron chi connectivity index (χ1n) is 18.8. The van der Waals surface area contributed by atoms with Crippen LogP contribution in [-0.2, 0) is 25.7 Å². The fraction of sp³-hybridized carbons (Fsp3) is 0.581. The molecule has 2 heteroatoms. The average molecular weight is 607 g/mol. The van der Waals surface area contributed by atoms with Gasteiger partial charge < -0.3 is 0 Å². The molecule has 0 atom stereocenters. The molecule has 0 aliphatic carbocycles. The van der Waals surface area contributed by atoms with Crippen LogP contribution in [0.25, 0.3) is 22.3 Å². The van der Waals surface area contributed by atoms with Crippen molar-refractivity contribution in [2.75, 3.05) is 0 Å². The maximum Gasteiger partial charge on any atom is 0.146 e. The van der Waals surface area contributed by atoms with E-state index in [0.29, 0.717) is 0 Å². The van der Waals surface area contributed by atoms with E-state index in [2.05, 4.69) is 90.1 Å². The van der Waals surface area contributed by atoms with Crippen molar-refractivity contribution < 1.29 is 0 Å². The van der Waals surface area contributed by atoms with Crippen LogP contribution in [0.3, 0.4) is 0 Å². The zero-order chi connectivity index (χ0) is 32.1. The van der Waals surface area contributed by atoms with Gasteiger partial charge in [0.15, 0.2) is 0 Å². The van der Waals surface area contributed by atoms with Gasteiger partial charge in [-0.3, -0.25) is 9.98 Å². The third-order valence-corrected chi connectivity index (χ3v) is 9.43. The minimum atomic E-state index is -0.448. The summed E-state index contributed by atoms with van der Waals surface area (Å²) in [4.78, 5) is 10.6. The Morgan fingerprint density at radius 2 is 0.733 bits per heavy atom. The van der Waals surface area contributed by atoms with Crippen LogP contribution in [0.2, 0.25) is 0 Å². The van der Waals surface area contributed by atoms with Crippen molar-refractivity contribution in [3.8, 4) is 22.3 Å². The molecule has 45 heavy (non-hydrogen) atoms. The first-order valence-corrected chi connectivity index (χ1v) is 18.8. The van der Waals surface area contributed by atoms with Crippen molar-refractivity contribution in [2.24, 2.45) is 9.98 Å². The summed E-state index contributed by atoms with van der Waals surface area (Å²) in [6.07, 6.45) is 22.6. The lowest BCUT2D eigenvalue weighted by molar-refractivity contribution is 0.549. The number of unbranched alkanes of at least 4 members (excludes halogenated alkanes) is 10. The molecule has 0 spiro atoms. The number of hydrogen-bond donors (Lipinski definition) is 0. The van der Waals surface area contributed by atoms with E-state index in [0.717, 1.165) is 36.4 Å². The number of nitrogens with zero attached hydrogens (tertiary/aromatic N) is 2. The SMILES string of the molecule is CCCCCCc1cc(CCCCCC)cc(-c2ccc(-c3cc(CCCCC)cc(CCCCC)c3)c3c2=NC(C)(C)N=3)c1. The first-order chi connectivity index (χ1) is 21.9. The van der Waals surface area contributed by atoms with E-state index in [1.807, 2.05) is 0 Å². The molecule has 0 amide bonds. The molecule has 0 unspecified atom stereocenters. The van der Waals surface area contributed by atoms with Gasteiger partial charge in [-0.05, 0) is 98.6 Å². The fourth-order valence-electron chi connectivity index (χ4n) is 6.93. The minimum Gasteiger partial charge on any atom is -0.253 e. The molecule has 0 aromatic heterocycles. The van der Waals surface area contributed by atoms with E-state index in [1.54, 1.807) is 0 Å². The van der Waals surface area contributed by atoms with Crippen LogP contribution in [0.1, 0.15) is 154 Å². The monoisotopic (exact) mass is 606 g/mol. The predicted octanol–water partition coefficient (Wildman–Crippen LogP) is 11.7. The molecule has 0 bridgehead atoms. The number of fused-ring (bicyclic) bond motifs is 1. The van der Waals surface area contributed by atoms with Crippen LogP contribution >= 0.6 is 0 Å². The Balaban J connectivity index is 1.77. The third kappa shape index (κ3) is 10.4. The van der Waals surface area contributed by atoms with Crippen LogP contribution in [0.4, 0.5) is 0 Å². The van der Waals surface area contributed by atoms with Gasteiger partial charge in [-0.15, -0.1) is 0 Å². The molecule has 4 rings (SSSR count). The highest BCUT2D eigenvalue weighted by Gasteiger charge is 2.23. The molecule has 2 nitrogen and oxygen atoms in total. The molecule has 244 valence electrons. The summed E-state index contributed by atoms with van der Waals surface area (Å²) in [5, 5.41) is 2.17. The summed E-state index contributed by atoms with van der Waals surface area (Å²) in [6, 6.07) is 19.5. The Hall–Kier alpha value is -2.74. The molecule has 0 N–H and O–H groups in total. The molecule has 1 heterocycles. The van der Waals surface area contributed by atoms with E-state index in [1.165, 1.54) is 134 Å². The lowest BCUT2D eigenvalue weighted by Crippen LogP contribution is -2.26. The largest absolute Gasteiger partial charge is 0.253 e. The molecule has 1 aliphatic rings. The fourth-order valence-corrected chi connectivity index (χ4v) is 6.93. The Bertz CT molecular complexity index is 1420. The van der Waals surface area contributed by atoms with Gasteiger partial charge in [0, 0.05) is 11.1 Å². The summed E-state index contributed by atoms with van der Waals surface area (Å²) in [5.74, 6) is 0. The van der Waals surface area contributed by atoms with Crippen LogP contribution in [-0.4, -0.2) is 5.66 Å². The van der Waals surface area contributed by atoms with Gasteiger partial charge in [0.05, 0.1) is 10.7 Å². The second kappa shape index (κ2) is 17.8. The molecule has 0 saturated carbocycles. The summed E-state index contributed by atoms with van der Waals surface area (Å²) >= 11 is 0. The average Bonchev–Trinajstić information content (AvgIpc) is 3.36. The molecule has 1 aliphatic heterocycles. The van der Waals surface area contributed by atoms with Gasteiger partial charge in [-0.2, -0.15) is 0 Å². The van der Waals surface area contributed by atoms with Crippen molar-refractivity contribution >= 4 is 0 Å². The zero-order valence-electron chi connectivity index (χ0n) is 29.7. The predicted molar refractivity (Wildman–Crippen MR) is 196 cm³/mol. The topological polar surface area (TPSA) is 24.7 Å². The normalized spacial score (nSPS) is 13.5. The molecular formula is C43H62N2. The lowest BCUT2D eigenvalue weighted by atomic mass is 9.91. The summed E-state index contributed by atoms with van der Waals surface area (Å²) in [6.45, 7) is 13.5. The zero-order valence-corrected chi connectivity index (χ0v) is 29.7. The maximum absolute atomic E-state index is 5.28. The quantitative estimate of drug-likeness (QED) is 0.114. The first kappa shape index (κ1) is 35.1. The van der Waals surface area contributed by atoms with Gasteiger partial charge in [-0.1, -0.05) is 140 Å². The third-order valence-electron chi connectivity index (χ3n) is 9.43. The number of benzene rings is 3. The van der Waals surface area contributed by atoms with E-state index in [4.69, 9.17) is 9.98 Å². The molecular weight excluding hydrogens is 544 g/mol. The highest BCUT2D eigenvalue weighted by Crippen LogP contribution is 2.28. The molecule has 0 radical (unpaired) electrons. The van der Waals surface area contributed by atoms with Crippen LogP contribution in [0, 0.1) is 0 Å². The van der Waals surface area contributed by atoms with Gasteiger partial charge in [0.2, 0.25) is 0 Å². The van der Waals surface area contributed by atoms with Gasteiger partial charge in [0.25, 0.3) is 0 Å². The van der Waals surface area contributed by atoms with E-state index in [9.17, 15) is 0 Å². The van der Waals surface area contributed by atoms with Crippen molar-refractivity contribution in [1.82, 2.24) is 0 Å².